The third kappa shape index (κ3) is 3.85. The topological polar surface area (TPSA) is 64.7 Å². The average Bonchev–Trinajstić information content (AvgIpc) is 3.10. The Morgan fingerprint density at radius 1 is 1.08 bits per heavy atom. The molecule has 0 aliphatic rings. The zero-order valence-corrected chi connectivity index (χ0v) is 15.8. The van der Waals surface area contributed by atoms with Crippen molar-refractivity contribution in [3.8, 4) is 5.69 Å². The van der Waals surface area contributed by atoms with Gasteiger partial charge in [-0.3, -0.25) is 9.48 Å². The van der Waals surface area contributed by atoms with Crippen LogP contribution in [0.5, 0.6) is 0 Å². The molecule has 0 fully saturated rings. The zero-order valence-electron chi connectivity index (χ0n) is 15.8. The maximum Gasteiger partial charge on any atom is 0.222 e. The van der Waals surface area contributed by atoms with E-state index in [0.29, 0.717) is 19.5 Å². The first-order valence-corrected chi connectivity index (χ1v) is 8.84. The van der Waals surface area contributed by atoms with E-state index in [1.807, 2.05) is 73.5 Å². The highest BCUT2D eigenvalue weighted by molar-refractivity contribution is 5.75. The van der Waals surface area contributed by atoms with Crippen molar-refractivity contribution in [2.45, 2.75) is 47.2 Å². The second-order valence-electron chi connectivity index (χ2n) is 6.57. The van der Waals surface area contributed by atoms with Gasteiger partial charge in [0.2, 0.25) is 5.91 Å². The van der Waals surface area contributed by atoms with Gasteiger partial charge < -0.3 is 5.32 Å². The number of carbonyl (C=O) groups excluding carboxylic acids is 1. The van der Waals surface area contributed by atoms with Crippen LogP contribution in [0.25, 0.3) is 5.69 Å². The van der Waals surface area contributed by atoms with Crippen molar-refractivity contribution in [2.24, 2.45) is 0 Å². The molecule has 0 saturated carbocycles. The fourth-order valence-electron chi connectivity index (χ4n) is 3.14. The summed E-state index contributed by atoms with van der Waals surface area (Å²) in [5.41, 5.74) is 6.12. The third-order valence-electron chi connectivity index (χ3n) is 4.56. The van der Waals surface area contributed by atoms with Crippen LogP contribution in [0.3, 0.4) is 0 Å². The minimum Gasteiger partial charge on any atom is -0.352 e. The molecule has 2 heterocycles. The van der Waals surface area contributed by atoms with Crippen LogP contribution in [0, 0.1) is 27.7 Å². The molecule has 1 amide bonds. The molecule has 3 rings (SSSR count). The lowest BCUT2D eigenvalue weighted by Gasteiger charge is -2.08. The molecule has 3 aromatic rings. The average molecular weight is 351 g/mol. The Kier molecular flexibility index (Phi) is 5.21. The van der Waals surface area contributed by atoms with Gasteiger partial charge in [-0.15, -0.1) is 0 Å². The smallest absolute Gasteiger partial charge is 0.222 e. The molecule has 136 valence electrons. The van der Waals surface area contributed by atoms with Gasteiger partial charge in [-0.05, 0) is 45.9 Å². The molecule has 6 nitrogen and oxygen atoms in total. The van der Waals surface area contributed by atoms with E-state index in [2.05, 4.69) is 15.5 Å². The van der Waals surface area contributed by atoms with Crippen molar-refractivity contribution >= 4 is 5.91 Å². The minimum atomic E-state index is 0.0174. The molecular weight excluding hydrogens is 326 g/mol. The number of carbonyl (C=O) groups is 1. The summed E-state index contributed by atoms with van der Waals surface area (Å²) in [6.07, 6.45) is 0.410. The fraction of sp³-hybridized carbons (Fsp3) is 0.350. The van der Waals surface area contributed by atoms with Crippen molar-refractivity contribution in [1.82, 2.24) is 24.9 Å². The van der Waals surface area contributed by atoms with E-state index in [1.54, 1.807) is 0 Å². The summed E-state index contributed by atoms with van der Waals surface area (Å²) >= 11 is 0. The van der Waals surface area contributed by atoms with Crippen LogP contribution in [0.2, 0.25) is 0 Å². The van der Waals surface area contributed by atoms with Gasteiger partial charge in [-0.1, -0.05) is 18.2 Å². The lowest BCUT2D eigenvalue weighted by Crippen LogP contribution is -2.24. The lowest BCUT2D eigenvalue weighted by molar-refractivity contribution is -0.121. The molecule has 0 saturated heterocycles. The fourth-order valence-corrected chi connectivity index (χ4v) is 3.14. The normalized spacial score (nSPS) is 10.9. The van der Waals surface area contributed by atoms with Crippen LogP contribution < -0.4 is 5.32 Å². The lowest BCUT2D eigenvalue weighted by atomic mass is 10.2. The monoisotopic (exact) mass is 351 g/mol. The molecule has 1 aromatic carbocycles. The summed E-state index contributed by atoms with van der Waals surface area (Å²) in [6, 6.07) is 12.0. The third-order valence-corrected chi connectivity index (χ3v) is 4.56. The molecule has 0 radical (unpaired) electrons. The van der Waals surface area contributed by atoms with Crippen LogP contribution in [-0.2, 0) is 17.9 Å². The first-order chi connectivity index (χ1) is 12.5. The largest absolute Gasteiger partial charge is 0.352 e. The Morgan fingerprint density at radius 3 is 2.46 bits per heavy atom. The van der Waals surface area contributed by atoms with Crippen molar-refractivity contribution in [2.75, 3.05) is 0 Å². The number of amides is 1. The molecule has 6 heteroatoms. The number of para-hydroxylation sites is 1. The van der Waals surface area contributed by atoms with Gasteiger partial charge in [-0.25, -0.2) is 4.68 Å². The first kappa shape index (κ1) is 17.9. The van der Waals surface area contributed by atoms with Crippen LogP contribution in [0.4, 0.5) is 0 Å². The molecule has 1 N–H and O–H groups in total. The Bertz CT molecular complexity index is 908. The number of benzene rings is 1. The van der Waals surface area contributed by atoms with Crippen molar-refractivity contribution in [3.63, 3.8) is 0 Å². The molecule has 26 heavy (non-hydrogen) atoms. The van der Waals surface area contributed by atoms with E-state index in [9.17, 15) is 4.79 Å². The van der Waals surface area contributed by atoms with Crippen LogP contribution in [0.1, 0.15) is 34.8 Å². The molecule has 0 aliphatic heterocycles. The van der Waals surface area contributed by atoms with E-state index in [1.165, 1.54) is 0 Å². The number of hydrogen-bond donors (Lipinski definition) is 1. The van der Waals surface area contributed by atoms with E-state index >= 15 is 0 Å². The Balaban J connectivity index is 1.62. The molecular formula is C20H25N5O. The summed E-state index contributed by atoms with van der Waals surface area (Å²) in [6.45, 7) is 9.05. The van der Waals surface area contributed by atoms with Crippen molar-refractivity contribution < 1.29 is 4.79 Å². The van der Waals surface area contributed by atoms with Gasteiger partial charge >= 0.3 is 0 Å². The summed E-state index contributed by atoms with van der Waals surface area (Å²) in [7, 11) is 0. The van der Waals surface area contributed by atoms with Gasteiger partial charge in [0, 0.05) is 36.5 Å². The number of rotatable bonds is 6. The van der Waals surface area contributed by atoms with Gasteiger partial charge in [-0.2, -0.15) is 10.2 Å². The highest BCUT2D eigenvalue weighted by Crippen LogP contribution is 2.17. The number of hydrogen-bond acceptors (Lipinski definition) is 3. The second-order valence-corrected chi connectivity index (χ2v) is 6.57. The maximum absolute atomic E-state index is 12.2. The van der Waals surface area contributed by atoms with Gasteiger partial charge in [0.1, 0.15) is 0 Å². The van der Waals surface area contributed by atoms with E-state index in [4.69, 9.17) is 0 Å². The quantitative estimate of drug-likeness (QED) is 0.742. The number of aryl methyl sites for hydroxylation is 4. The summed E-state index contributed by atoms with van der Waals surface area (Å²) in [5.74, 6) is 0.0174. The number of nitrogens with one attached hydrogen (secondary N) is 1. The molecule has 0 spiro atoms. The zero-order chi connectivity index (χ0) is 18.7. The number of nitrogens with zero attached hydrogens (tertiary/aromatic N) is 4. The Hall–Kier alpha value is -2.89. The second kappa shape index (κ2) is 7.56. The highest BCUT2D eigenvalue weighted by atomic mass is 16.1. The van der Waals surface area contributed by atoms with Crippen LogP contribution in [-0.4, -0.2) is 25.5 Å². The van der Waals surface area contributed by atoms with Gasteiger partial charge in [0.05, 0.1) is 17.1 Å². The van der Waals surface area contributed by atoms with Crippen LogP contribution >= 0.6 is 0 Å². The van der Waals surface area contributed by atoms with Crippen LogP contribution in [0.15, 0.2) is 36.4 Å². The predicted octanol–water partition coefficient (Wildman–Crippen LogP) is 3.01. The van der Waals surface area contributed by atoms with E-state index in [0.717, 1.165) is 34.0 Å². The molecule has 0 atom stereocenters. The molecule has 0 unspecified atom stereocenters. The van der Waals surface area contributed by atoms with Gasteiger partial charge in [0.25, 0.3) is 0 Å². The van der Waals surface area contributed by atoms with Crippen molar-refractivity contribution in [3.05, 3.63) is 64.7 Å². The summed E-state index contributed by atoms with van der Waals surface area (Å²) in [5, 5.41) is 12.0. The Morgan fingerprint density at radius 2 is 1.81 bits per heavy atom. The van der Waals surface area contributed by atoms with Gasteiger partial charge in [0.15, 0.2) is 0 Å². The minimum absolute atomic E-state index is 0.0174. The summed E-state index contributed by atoms with van der Waals surface area (Å²) in [4.78, 5) is 12.2. The molecule has 2 aromatic heterocycles. The SMILES string of the molecule is Cc1cc(C)n(CCC(=O)NCc2c(C)nn(-c3ccccc3)c2C)n1. The Labute approximate surface area is 153 Å². The maximum atomic E-state index is 12.2. The number of aromatic nitrogens is 4. The van der Waals surface area contributed by atoms with Crippen molar-refractivity contribution in [1.29, 1.82) is 0 Å². The molecule has 0 bridgehead atoms. The highest BCUT2D eigenvalue weighted by Gasteiger charge is 2.14. The standard InChI is InChI=1S/C20H25N5O/c1-14-12-15(2)24(22-14)11-10-20(26)21-13-19-16(3)23-25(17(19)4)18-8-6-5-7-9-18/h5-9,12H,10-11,13H2,1-4H3,(H,21,26). The van der Waals surface area contributed by atoms with E-state index in [-0.39, 0.29) is 5.91 Å². The first-order valence-electron chi connectivity index (χ1n) is 8.84. The predicted molar refractivity (Wildman–Crippen MR) is 101 cm³/mol. The van der Waals surface area contributed by atoms with E-state index < -0.39 is 0 Å². The molecule has 0 aliphatic carbocycles. The summed E-state index contributed by atoms with van der Waals surface area (Å²) < 4.78 is 3.80.